The molecule has 0 saturated carbocycles. The Kier molecular flexibility index (Phi) is 2.88. The van der Waals surface area contributed by atoms with E-state index < -0.39 is 34.3 Å². The van der Waals surface area contributed by atoms with Gasteiger partial charge in [0.2, 0.25) is 11.5 Å². The Balaban J connectivity index is 3.27. The lowest BCUT2D eigenvalue weighted by Gasteiger charge is -2.10. The van der Waals surface area contributed by atoms with Crippen molar-refractivity contribution in [2.24, 2.45) is 0 Å². The Bertz CT molecular complexity index is 431. The maximum absolute atomic E-state index is 12.8. The average molecular weight is 241 g/mol. The second kappa shape index (κ2) is 3.83. The Morgan fingerprint density at radius 3 is 2.38 bits per heavy atom. The summed E-state index contributed by atoms with van der Waals surface area (Å²) < 4.78 is 51.2. The summed E-state index contributed by atoms with van der Waals surface area (Å²) in [5.74, 6) is -4.69. The minimum absolute atomic E-state index is 0.388. The molecule has 5 nitrogen and oxygen atoms in total. The summed E-state index contributed by atoms with van der Waals surface area (Å²) in [6.45, 7) is 0. The van der Waals surface area contributed by atoms with E-state index in [0.717, 1.165) is 0 Å². The van der Waals surface area contributed by atoms with E-state index in [1.807, 2.05) is 0 Å². The van der Waals surface area contributed by atoms with Gasteiger partial charge in [0.05, 0.1) is 4.92 Å². The third kappa shape index (κ3) is 2.49. The predicted molar refractivity (Wildman–Crippen MR) is 41.4 cm³/mol. The molecule has 88 valence electrons. The van der Waals surface area contributed by atoms with E-state index in [-0.39, 0.29) is 0 Å². The zero-order valence-electron chi connectivity index (χ0n) is 7.29. The first kappa shape index (κ1) is 12.0. The topological polar surface area (TPSA) is 72.6 Å². The van der Waals surface area contributed by atoms with Crippen LogP contribution >= 0.6 is 0 Å². The predicted octanol–water partition coefficient (Wildman–Crippen LogP) is 2.34. The van der Waals surface area contributed by atoms with Crippen LogP contribution in [-0.2, 0) is 0 Å². The summed E-state index contributed by atoms with van der Waals surface area (Å²) in [4.78, 5) is 9.07. The smallest absolute Gasteiger partial charge is 0.499 e. The number of ether oxygens (including phenoxy) is 1. The number of benzene rings is 1. The summed E-state index contributed by atoms with van der Waals surface area (Å²) >= 11 is 0. The molecule has 0 aromatic heterocycles. The quantitative estimate of drug-likeness (QED) is 0.490. The van der Waals surface area contributed by atoms with Crippen LogP contribution in [0.2, 0.25) is 0 Å². The molecule has 1 aromatic carbocycles. The van der Waals surface area contributed by atoms with E-state index in [1.54, 1.807) is 0 Å². The molecule has 0 atom stereocenters. The third-order valence-electron chi connectivity index (χ3n) is 1.48. The van der Waals surface area contributed by atoms with Gasteiger partial charge in [-0.1, -0.05) is 0 Å². The fourth-order valence-electron chi connectivity index (χ4n) is 0.896. The van der Waals surface area contributed by atoms with Crippen LogP contribution in [0.1, 0.15) is 0 Å². The first-order valence-electron chi connectivity index (χ1n) is 3.64. The van der Waals surface area contributed by atoms with Crippen LogP contribution in [0.5, 0.6) is 11.5 Å². The summed E-state index contributed by atoms with van der Waals surface area (Å²) in [5.41, 5.74) is -1.08. The van der Waals surface area contributed by atoms with Crippen LogP contribution in [0.25, 0.3) is 0 Å². The van der Waals surface area contributed by atoms with Crippen LogP contribution in [0.4, 0.5) is 23.2 Å². The average Bonchev–Trinajstić information content (AvgIpc) is 2.10. The molecule has 16 heavy (non-hydrogen) atoms. The molecule has 0 heterocycles. The molecule has 9 heteroatoms. The standard InChI is InChI=1S/C7H3F4NO4/c8-3-1-2-4(12(14)15)5(13)6(3)16-7(9,10)11/h1-2,13H. The molecule has 1 N–H and O–H groups in total. The maximum Gasteiger partial charge on any atom is 0.573 e. The highest BCUT2D eigenvalue weighted by molar-refractivity contribution is 5.55. The zero-order chi connectivity index (χ0) is 12.5. The normalized spacial score (nSPS) is 11.2. The minimum atomic E-state index is -5.26. The van der Waals surface area contributed by atoms with Gasteiger partial charge >= 0.3 is 12.0 Å². The highest BCUT2D eigenvalue weighted by Crippen LogP contribution is 2.40. The van der Waals surface area contributed by atoms with Crippen molar-refractivity contribution in [1.29, 1.82) is 0 Å². The molecule has 0 spiro atoms. The number of aromatic hydroxyl groups is 1. The molecule has 0 radical (unpaired) electrons. The van der Waals surface area contributed by atoms with Crippen molar-refractivity contribution < 1.29 is 32.3 Å². The van der Waals surface area contributed by atoms with E-state index in [9.17, 15) is 27.7 Å². The number of hydrogen-bond donors (Lipinski definition) is 1. The molecule has 0 aliphatic heterocycles. The van der Waals surface area contributed by atoms with Crippen molar-refractivity contribution in [1.82, 2.24) is 0 Å². The number of phenolic OH excluding ortho intramolecular Hbond substituents is 1. The lowest BCUT2D eigenvalue weighted by Crippen LogP contribution is -2.18. The van der Waals surface area contributed by atoms with Crippen LogP contribution < -0.4 is 4.74 Å². The van der Waals surface area contributed by atoms with Crippen molar-refractivity contribution in [3.05, 3.63) is 28.1 Å². The lowest BCUT2D eigenvalue weighted by molar-refractivity contribution is -0.386. The Morgan fingerprint density at radius 2 is 1.94 bits per heavy atom. The van der Waals surface area contributed by atoms with Crippen molar-refractivity contribution in [3.63, 3.8) is 0 Å². The van der Waals surface area contributed by atoms with Crippen LogP contribution in [0, 0.1) is 15.9 Å². The Labute approximate surface area is 85.0 Å². The van der Waals surface area contributed by atoms with Gasteiger partial charge in [-0.15, -0.1) is 13.2 Å². The van der Waals surface area contributed by atoms with E-state index >= 15 is 0 Å². The second-order valence-electron chi connectivity index (χ2n) is 2.55. The summed E-state index contributed by atoms with van der Waals surface area (Å²) in [7, 11) is 0. The van der Waals surface area contributed by atoms with Crippen LogP contribution in [0.15, 0.2) is 12.1 Å². The van der Waals surface area contributed by atoms with Gasteiger partial charge in [0.15, 0.2) is 5.82 Å². The van der Waals surface area contributed by atoms with Gasteiger partial charge in [-0.3, -0.25) is 10.1 Å². The minimum Gasteiger partial charge on any atom is -0.499 e. The van der Waals surface area contributed by atoms with Crippen molar-refractivity contribution in [2.45, 2.75) is 6.36 Å². The molecule has 0 aliphatic carbocycles. The summed E-state index contributed by atoms with van der Waals surface area (Å²) in [6, 6.07) is 0.910. The lowest BCUT2D eigenvalue weighted by atomic mass is 10.2. The molecule has 1 rings (SSSR count). The van der Waals surface area contributed by atoms with E-state index in [1.165, 1.54) is 0 Å². The van der Waals surface area contributed by atoms with Gasteiger partial charge in [0, 0.05) is 6.07 Å². The molecule has 0 amide bonds. The highest BCUT2D eigenvalue weighted by atomic mass is 19.4. The SMILES string of the molecule is O=[N+]([O-])c1ccc(F)c(OC(F)(F)F)c1O. The van der Waals surface area contributed by atoms with Crippen molar-refractivity contribution in [3.8, 4) is 11.5 Å². The van der Waals surface area contributed by atoms with E-state index in [0.29, 0.717) is 12.1 Å². The monoisotopic (exact) mass is 241 g/mol. The van der Waals surface area contributed by atoms with Gasteiger partial charge in [-0.25, -0.2) is 4.39 Å². The number of alkyl halides is 3. The Hall–Kier alpha value is -2.06. The number of rotatable bonds is 2. The first-order valence-corrected chi connectivity index (χ1v) is 3.64. The summed E-state index contributed by atoms with van der Waals surface area (Å²) in [5, 5.41) is 19.2. The number of phenols is 1. The number of nitro benzene ring substituents is 1. The molecule has 0 unspecified atom stereocenters. The van der Waals surface area contributed by atoms with Gasteiger partial charge in [-0.2, -0.15) is 0 Å². The van der Waals surface area contributed by atoms with Crippen LogP contribution in [-0.4, -0.2) is 16.4 Å². The molecular formula is C7H3F4NO4. The van der Waals surface area contributed by atoms with Crippen molar-refractivity contribution >= 4 is 5.69 Å². The second-order valence-corrected chi connectivity index (χ2v) is 2.55. The highest BCUT2D eigenvalue weighted by Gasteiger charge is 2.35. The number of nitrogens with zero attached hydrogens (tertiary/aromatic N) is 1. The molecule has 1 aromatic rings. The first-order chi connectivity index (χ1) is 7.22. The Morgan fingerprint density at radius 1 is 1.38 bits per heavy atom. The van der Waals surface area contributed by atoms with Gasteiger partial charge in [0.1, 0.15) is 0 Å². The molecular weight excluding hydrogens is 238 g/mol. The molecule has 0 aliphatic rings. The number of hydrogen-bond acceptors (Lipinski definition) is 4. The number of halogens is 4. The maximum atomic E-state index is 12.8. The number of nitro groups is 1. The largest absolute Gasteiger partial charge is 0.573 e. The molecule has 0 bridgehead atoms. The third-order valence-corrected chi connectivity index (χ3v) is 1.48. The van der Waals surface area contributed by atoms with Gasteiger partial charge in [0.25, 0.3) is 0 Å². The van der Waals surface area contributed by atoms with Gasteiger partial charge < -0.3 is 9.84 Å². The van der Waals surface area contributed by atoms with Crippen LogP contribution in [0.3, 0.4) is 0 Å². The fourth-order valence-corrected chi connectivity index (χ4v) is 0.896. The summed E-state index contributed by atoms with van der Waals surface area (Å²) in [6.07, 6.45) is -5.26. The molecule has 0 fully saturated rings. The van der Waals surface area contributed by atoms with Crippen molar-refractivity contribution in [2.75, 3.05) is 0 Å². The zero-order valence-corrected chi connectivity index (χ0v) is 7.29. The fraction of sp³-hybridized carbons (Fsp3) is 0.143. The van der Waals surface area contributed by atoms with Gasteiger partial charge in [-0.05, 0) is 6.07 Å². The van der Waals surface area contributed by atoms with E-state index in [2.05, 4.69) is 4.74 Å². The van der Waals surface area contributed by atoms with E-state index in [4.69, 9.17) is 5.11 Å². The molecule has 0 saturated heterocycles.